The van der Waals surface area contributed by atoms with Gasteiger partial charge in [-0.25, -0.2) is 0 Å². The highest BCUT2D eigenvalue weighted by molar-refractivity contribution is 7.94. The van der Waals surface area contributed by atoms with Gasteiger partial charge in [-0.05, 0) is 53.1 Å². The molecule has 1 aromatic heterocycles. The molecule has 0 aliphatic carbocycles. The Morgan fingerprint density at radius 2 is 1.94 bits per heavy atom. The van der Waals surface area contributed by atoms with Crippen molar-refractivity contribution < 1.29 is 26.9 Å². The highest BCUT2D eigenvalue weighted by Crippen LogP contribution is 2.32. The number of hydrogen-bond acceptors (Lipinski definition) is 6. The predicted octanol–water partition coefficient (Wildman–Crippen LogP) is 5.06. The molecule has 0 radical (unpaired) electrons. The van der Waals surface area contributed by atoms with E-state index in [9.17, 15) is 17.5 Å². The number of nitrogens with zero attached hydrogens (tertiary/aromatic N) is 1. The number of nitrogens with one attached hydrogen (secondary N) is 2. The van der Waals surface area contributed by atoms with E-state index in [1.807, 2.05) is 0 Å². The number of carbonyl (C=O) groups is 1. The Hall–Kier alpha value is -3.70. The first kappa shape index (κ1) is 24.4. The third kappa shape index (κ3) is 5.36. The van der Waals surface area contributed by atoms with Crippen molar-refractivity contribution >= 4 is 29.0 Å². The molecule has 4 N–H and O–H groups in total. The first-order chi connectivity index (χ1) is 16.9. The number of halogens is 3. The number of fused-ring (bicyclic) bond motifs is 1. The first-order valence-corrected chi connectivity index (χ1v) is 11.2. The molecule has 0 saturated carbocycles. The van der Waals surface area contributed by atoms with Gasteiger partial charge in [0.05, 0.1) is 29.6 Å². The zero-order chi connectivity index (χ0) is 24.9. The van der Waals surface area contributed by atoms with Gasteiger partial charge in [-0.15, -0.1) is 5.10 Å². The van der Waals surface area contributed by atoms with Gasteiger partial charge < -0.3 is 20.5 Å². The van der Waals surface area contributed by atoms with Crippen LogP contribution in [-0.2, 0) is 0 Å². The highest BCUT2D eigenvalue weighted by Gasteiger charge is 2.22. The maximum Gasteiger partial charge on any atom is 0.316 e. The number of amides is 1. The molecule has 2 unspecified atom stereocenters. The van der Waals surface area contributed by atoms with Gasteiger partial charge in [0.15, 0.2) is 0 Å². The molecule has 182 valence electrons. The summed E-state index contributed by atoms with van der Waals surface area (Å²) in [6, 6.07) is 15.7. The lowest BCUT2D eigenvalue weighted by molar-refractivity contribution is 0.0925. The molecular weight excluding hydrogens is 481 g/mol. The van der Waals surface area contributed by atoms with Crippen LogP contribution in [0.3, 0.4) is 0 Å². The van der Waals surface area contributed by atoms with Gasteiger partial charge >= 0.3 is 5.69 Å². The maximum absolute atomic E-state index is 14.0. The van der Waals surface area contributed by atoms with E-state index in [0.29, 0.717) is 28.0 Å². The molecule has 1 heterocycles. The second-order valence-corrected chi connectivity index (χ2v) is 8.05. The Bertz CT molecular complexity index is 1350. The zero-order valence-corrected chi connectivity index (χ0v) is 19.2. The molecule has 1 amide bonds. The molecule has 0 fully saturated rings. The number of carbonyl (C=O) groups excluding carboxylic acids is 1. The SMILES string of the molecule is COc1cccc(C(CN)NC(=O)c2cc(-c3ccc4[nH]nc(F)c4c3)ccc2OC(F)SF)c1. The zero-order valence-electron chi connectivity index (χ0n) is 18.4. The number of ether oxygens (including phenoxy) is 2. The summed E-state index contributed by atoms with van der Waals surface area (Å²) in [5.41, 5.74) is 5.84. The van der Waals surface area contributed by atoms with Gasteiger partial charge in [0.1, 0.15) is 23.6 Å². The largest absolute Gasteiger partial charge is 0.497 e. The van der Waals surface area contributed by atoms with E-state index in [2.05, 4.69) is 15.5 Å². The first-order valence-electron chi connectivity index (χ1n) is 10.4. The molecule has 0 saturated heterocycles. The van der Waals surface area contributed by atoms with Crippen molar-refractivity contribution in [2.45, 2.75) is 11.7 Å². The van der Waals surface area contributed by atoms with Crippen molar-refractivity contribution in [2.75, 3.05) is 13.7 Å². The molecule has 11 heteroatoms. The summed E-state index contributed by atoms with van der Waals surface area (Å²) in [6.45, 7) is 0.0668. The molecule has 7 nitrogen and oxygen atoms in total. The molecule has 3 aromatic carbocycles. The summed E-state index contributed by atoms with van der Waals surface area (Å²) in [7, 11) is 1.52. The summed E-state index contributed by atoms with van der Waals surface area (Å²) in [6.07, 6.45) is 0. The summed E-state index contributed by atoms with van der Waals surface area (Å²) in [5.74, 6) is -0.861. The fourth-order valence-corrected chi connectivity index (χ4v) is 3.78. The summed E-state index contributed by atoms with van der Waals surface area (Å²) >= 11 is -0.643. The molecule has 0 aliphatic rings. The van der Waals surface area contributed by atoms with Crippen molar-refractivity contribution in [1.29, 1.82) is 0 Å². The minimum Gasteiger partial charge on any atom is -0.497 e. The standard InChI is InChI=1S/C24H21F3N4O3S/c1-33-16-4-2-3-15(9-16)20(12-28)29-23(32)18-11-14(6-8-21(18)34-24(26)35-27)13-5-7-19-17(10-13)22(25)31-30-19/h2-11,20,24H,12,28H2,1H3,(H,29,32)(H,30,31). The molecule has 0 bridgehead atoms. The van der Waals surface area contributed by atoms with Crippen LogP contribution in [-0.4, -0.2) is 35.4 Å². The average Bonchev–Trinajstić information content (AvgIpc) is 3.27. The minimum absolute atomic E-state index is 0.0479. The number of aromatic nitrogens is 2. The van der Waals surface area contributed by atoms with Crippen LogP contribution in [0.4, 0.5) is 12.7 Å². The van der Waals surface area contributed by atoms with Gasteiger partial charge in [-0.2, -0.15) is 12.7 Å². The van der Waals surface area contributed by atoms with Crippen molar-refractivity contribution in [3.63, 3.8) is 0 Å². The second kappa shape index (κ2) is 10.7. The normalized spacial score (nSPS) is 12.8. The molecule has 2 atom stereocenters. The van der Waals surface area contributed by atoms with E-state index in [1.165, 1.54) is 19.2 Å². The van der Waals surface area contributed by atoms with E-state index >= 15 is 0 Å². The van der Waals surface area contributed by atoms with Crippen LogP contribution in [0.15, 0.2) is 60.7 Å². The van der Waals surface area contributed by atoms with Gasteiger partial charge in [-0.3, -0.25) is 9.89 Å². The molecular formula is C24H21F3N4O3S. The van der Waals surface area contributed by atoms with E-state index in [4.69, 9.17) is 15.2 Å². The van der Waals surface area contributed by atoms with E-state index < -0.39 is 35.7 Å². The number of rotatable bonds is 9. The lowest BCUT2D eigenvalue weighted by Crippen LogP contribution is -2.33. The Morgan fingerprint density at radius 1 is 1.17 bits per heavy atom. The van der Waals surface area contributed by atoms with Crippen LogP contribution in [0.5, 0.6) is 11.5 Å². The summed E-state index contributed by atoms with van der Waals surface area (Å²) in [4.78, 5) is 13.3. The number of nitrogens with two attached hydrogens (primary N) is 1. The fourth-order valence-electron chi connectivity index (χ4n) is 3.64. The minimum atomic E-state index is -2.33. The molecule has 4 aromatic rings. The number of benzene rings is 3. The van der Waals surface area contributed by atoms with Crippen molar-refractivity contribution in [3.8, 4) is 22.6 Å². The lowest BCUT2D eigenvalue weighted by atomic mass is 10.00. The van der Waals surface area contributed by atoms with Crippen LogP contribution in [0.1, 0.15) is 22.0 Å². The van der Waals surface area contributed by atoms with Gasteiger partial charge in [-0.1, -0.05) is 24.3 Å². The van der Waals surface area contributed by atoms with Crippen LogP contribution < -0.4 is 20.5 Å². The molecule has 4 rings (SSSR count). The Labute approximate surface area is 203 Å². The van der Waals surface area contributed by atoms with E-state index in [1.54, 1.807) is 48.5 Å². The van der Waals surface area contributed by atoms with Crippen LogP contribution in [0.2, 0.25) is 0 Å². The highest BCUT2D eigenvalue weighted by atomic mass is 32.2. The lowest BCUT2D eigenvalue weighted by Gasteiger charge is -2.20. The maximum atomic E-state index is 14.0. The Kier molecular flexibility index (Phi) is 7.47. The monoisotopic (exact) mass is 502 g/mol. The third-order valence-electron chi connectivity index (χ3n) is 5.40. The average molecular weight is 503 g/mol. The topological polar surface area (TPSA) is 102 Å². The van der Waals surface area contributed by atoms with Crippen LogP contribution >= 0.6 is 12.1 Å². The van der Waals surface area contributed by atoms with Crippen molar-refractivity contribution in [2.24, 2.45) is 5.73 Å². The fraction of sp³-hybridized carbons (Fsp3) is 0.167. The van der Waals surface area contributed by atoms with Crippen molar-refractivity contribution in [3.05, 3.63) is 77.7 Å². The smallest absolute Gasteiger partial charge is 0.316 e. The summed E-state index contributed by atoms with van der Waals surface area (Å²) < 4.78 is 50.6. The number of H-pyrrole nitrogens is 1. The Balaban J connectivity index is 1.70. The van der Waals surface area contributed by atoms with E-state index in [-0.39, 0.29) is 23.2 Å². The second-order valence-electron chi connectivity index (χ2n) is 7.51. The Morgan fingerprint density at radius 3 is 2.69 bits per heavy atom. The molecule has 0 spiro atoms. The number of aromatic amines is 1. The van der Waals surface area contributed by atoms with Gasteiger partial charge in [0.2, 0.25) is 5.95 Å². The van der Waals surface area contributed by atoms with Gasteiger partial charge in [0, 0.05) is 6.54 Å². The number of methoxy groups -OCH3 is 1. The number of hydrogen-bond donors (Lipinski definition) is 3. The quantitative estimate of drug-likeness (QED) is 0.277. The molecule has 0 aliphatic heterocycles. The van der Waals surface area contributed by atoms with Crippen molar-refractivity contribution in [1.82, 2.24) is 15.5 Å². The van der Waals surface area contributed by atoms with E-state index in [0.717, 1.165) is 0 Å². The predicted molar refractivity (Wildman–Crippen MR) is 128 cm³/mol. The van der Waals surface area contributed by atoms with Gasteiger partial charge in [0.25, 0.3) is 5.91 Å². The van der Waals surface area contributed by atoms with Crippen LogP contribution in [0, 0.1) is 5.95 Å². The molecule has 35 heavy (non-hydrogen) atoms. The third-order valence-corrected chi connectivity index (χ3v) is 5.64. The van der Waals surface area contributed by atoms with Crippen LogP contribution in [0.25, 0.3) is 22.0 Å². The summed E-state index contributed by atoms with van der Waals surface area (Å²) in [5, 5.41) is 9.18. The number of alkyl halides is 1.